The molecule has 1 aromatic heterocycles. The molecule has 0 spiro atoms. The third kappa shape index (κ3) is 2.12. The van der Waals surface area contributed by atoms with Gasteiger partial charge in [-0.15, -0.1) is 0 Å². The van der Waals surface area contributed by atoms with E-state index < -0.39 is 7.60 Å². The Bertz CT molecular complexity index is 541. The maximum atomic E-state index is 10.9. The fourth-order valence-electron chi connectivity index (χ4n) is 1.64. The van der Waals surface area contributed by atoms with Gasteiger partial charge < -0.3 is 14.4 Å². The second kappa shape index (κ2) is 3.49. The highest BCUT2D eigenvalue weighted by atomic mass is 31.2. The lowest BCUT2D eigenvalue weighted by molar-refractivity contribution is 0.363. The minimum Gasteiger partial charge on any atom is -0.335 e. The Kier molecular flexibility index (Phi) is 2.43. The van der Waals surface area contributed by atoms with Gasteiger partial charge in [0.1, 0.15) is 6.29 Å². The van der Waals surface area contributed by atoms with E-state index in [9.17, 15) is 4.57 Å². The number of hydrogen-bond acceptors (Lipinski definition) is 1. The van der Waals surface area contributed by atoms with Gasteiger partial charge in [-0.1, -0.05) is 18.2 Å². The van der Waals surface area contributed by atoms with E-state index in [1.807, 2.05) is 24.3 Å². The Labute approximate surface area is 87.3 Å². The zero-order valence-electron chi connectivity index (χ0n) is 8.00. The highest BCUT2D eigenvalue weighted by Crippen LogP contribution is 2.38. The minimum atomic E-state index is -4.04. The molecule has 15 heavy (non-hydrogen) atoms. The minimum absolute atomic E-state index is 0.303. The monoisotopic (exact) mass is 224 g/mol. The zero-order valence-corrected chi connectivity index (χ0v) is 8.89. The quantitative estimate of drug-likeness (QED) is 0.766. The molecule has 0 aliphatic rings. The molecule has 1 heterocycles. The van der Waals surface area contributed by atoms with Crippen LogP contribution >= 0.6 is 7.60 Å². The van der Waals surface area contributed by atoms with Crippen LogP contribution in [-0.4, -0.2) is 14.4 Å². The Balaban J connectivity index is 2.58. The van der Waals surface area contributed by atoms with Gasteiger partial charge in [0.15, 0.2) is 0 Å². The number of rotatable bonds is 2. The van der Waals surface area contributed by atoms with Gasteiger partial charge in [-0.2, -0.15) is 0 Å². The largest absolute Gasteiger partial charge is 0.345 e. The molecule has 1 aromatic carbocycles. The van der Waals surface area contributed by atoms with Crippen LogP contribution in [0.15, 0.2) is 30.5 Å². The molecule has 0 amide bonds. The summed E-state index contributed by atoms with van der Waals surface area (Å²) in [6.45, 7) is 3.83. The van der Waals surface area contributed by atoms with Crippen LogP contribution < -0.4 is 0 Å². The molecule has 79 valence electrons. The molecular formula is C10H11NO3P. The van der Waals surface area contributed by atoms with E-state index in [-0.39, 0.29) is 6.29 Å². The van der Waals surface area contributed by atoms with Gasteiger partial charge in [0.05, 0.1) is 0 Å². The summed E-state index contributed by atoms with van der Waals surface area (Å²) in [4.78, 5) is 17.8. The van der Waals surface area contributed by atoms with Gasteiger partial charge in [-0.05, 0) is 18.6 Å². The molecule has 1 radical (unpaired) electrons. The molecule has 2 rings (SSSR count). The Morgan fingerprint density at radius 1 is 1.33 bits per heavy atom. The first-order valence-electron chi connectivity index (χ1n) is 4.42. The maximum Gasteiger partial charge on any atom is 0.345 e. The van der Waals surface area contributed by atoms with E-state index in [0.29, 0.717) is 0 Å². The lowest BCUT2D eigenvalue weighted by atomic mass is 10.2. The Hall–Kier alpha value is -1.09. The van der Waals surface area contributed by atoms with Crippen LogP contribution in [0.2, 0.25) is 0 Å². The maximum absolute atomic E-state index is 10.9. The summed E-state index contributed by atoms with van der Waals surface area (Å²) in [5, 5.41) is 0.922. The van der Waals surface area contributed by atoms with E-state index in [1.54, 1.807) is 10.8 Å². The highest BCUT2D eigenvalue weighted by Gasteiger charge is 2.15. The molecule has 0 atom stereocenters. The van der Waals surface area contributed by atoms with Crippen molar-refractivity contribution in [1.29, 1.82) is 0 Å². The molecule has 4 nitrogen and oxygen atoms in total. The van der Waals surface area contributed by atoms with E-state index in [2.05, 4.69) is 6.92 Å². The number of para-hydroxylation sites is 1. The first kappa shape index (κ1) is 10.4. The summed E-state index contributed by atoms with van der Waals surface area (Å²) in [5.41, 5.74) is 1.57. The summed E-state index contributed by atoms with van der Waals surface area (Å²) in [6, 6.07) is 7.41. The second-order valence-electron chi connectivity index (χ2n) is 3.45. The number of aromatic nitrogens is 1. The molecule has 5 heteroatoms. The summed E-state index contributed by atoms with van der Waals surface area (Å²) >= 11 is 0. The number of benzene rings is 1. The average molecular weight is 224 g/mol. The van der Waals surface area contributed by atoms with Crippen molar-refractivity contribution in [1.82, 2.24) is 4.57 Å². The van der Waals surface area contributed by atoms with Gasteiger partial charge in [-0.3, -0.25) is 4.57 Å². The summed E-state index contributed by atoms with van der Waals surface area (Å²) in [7, 11) is -4.04. The molecule has 2 N–H and O–H groups in total. The topological polar surface area (TPSA) is 62.5 Å². The fraction of sp³-hybridized carbons (Fsp3) is 0.100. The van der Waals surface area contributed by atoms with E-state index in [0.717, 1.165) is 16.5 Å². The summed E-state index contributed by atoms with van der Waals surface area (Å²) < 4.78 is 12.4. The second-order valence-corrected chi connectivity index (χ2v) is 5.06. The molecule has 0 bridgehead atoms. The summed E-state index contributed by atoms with van der Waals surface area (Å²) in [6.07, 6.45) is 1.35. The van der Waals surface area contributed by atoms with Crippen molar-refractivity contribution in [3.05, 3.63) is 42.9 Å². The van der Waals surface area contributed by atoms with Crippen molar-refractivity contribution in [3.63, 3.8) is 0 Å². The van der Waals surface area contributed by atoms with Gasteiger partial charge in [0, 0.05) is 17.1 Å². The molecular weight excluding hydrogens is 213 g/mol. The van der Waals surface area contributed by atoms with Crippen molar-refractivity contribution < 1.29 is 14.4 Å². The van der Waals surface area contributed by atoms with Gasteiger partial charge in [0.2, 0.25) is 0 Å². The van der Waals surface area contributed by atoms with Gasteiger partial charge in [-0.25, -0.2) is 0 Å². The average Bonchev–Trinajstić information content (AvgIpc) is 2.42. The molecule has 0 fully saturated rings. The van der Waals surface area contributed by atoms with Gasteiger partial charge in [0.25, 0.3) is 0 Å². The van der Waals surface area contributed by atoms with Crippen LogP contribution in [-0.2, 0) is 10.9 Å². The number of fused-ring (bicyclic) bond motifs is 1. The normalized spacial score (nSPS) is 12.2. The Morgan fingerprint density at radius 3 is 2.67 bits per heavy atom. The first-order valence-corrected chi connectivity index (χ1v) is 6.21. The highest BCUT2D eigenvalue weighted by molar-refractivity contribution is 7.50. The third-order valence-corrected chi connectivity index (χ3v) is 2.88. The molecule has 0 saturated heterocycles. The van der Waals surface area contributed by atoms with Crippen LogP contribution in [0.4, 0.5) is 0 Å². The molecule has 0 saturated carbocycles. The zero-order chi connectivity index (χ0) is 11.1. The molecule has 0 aliphatic heterocycles. The van der Waals surface area contributed by atoms with Crippen molar-refractivity contribution >= 4 is 18.5 Å². The van der Waals surface area contributed by atoms with E-state index in [1.165, 1.54) is 0 Å². The van der Waals surface area contributed by atoms with Gasteiger partial charge >= 0.3 is 7.60 Å². The van der Waals surface area contributed by atoms with E-state index in [4.69, 9.17) is 9.79 Å². The predicted octanol–water partition coefficient (Wildman–Crippen LogP) is 1.96. The van der Waals surface area contributed by atoms with E-state index >= 15 is 0 Å². The van der Waals surface area contributed by atoms with Crippen LogP contribution in [0, 0.1) is 6.92 Å². The lowest BCUT2D eigenvalue weighted by Gasteiger charge is -2.06. The molecule has 0 aliphatic carbocycles. The van der Waals surface area contributed by atoms with Crippen LogP contribution in [0.5, 0.6) is 0 Å². The first-order chi connectivity index (χ1) is 6.97. The predicted molar refractivity (Wildman–Crippen MR) is 58.4 cm³/mol. The third-order valence-electron chi connectivity index (χ3n) is 2.21. The number of hydrogen-bond donors (Lipinski definition) is 2. The smallest absolute Gasteiger partial charge is 0.335 e. The van der Waals surface area contributed by atoms with Crippen molar-refractivity contribution in [2.24, 2.45) is 0 Å². The van der Waals surface area contributed by atoms with Crippen LogP contribution in [0.25, 0.3) is 10.9 Å². The molecule has 2 aromatic rings. The van der Waals surface area contributed by atoms with Crippen LogP contribution in [0.3, 0.4) is 0 Å². The lowest BCUT2D eigenvalue weighted by Crippen LogP contribution is -1.96. The number of nitrogens with zero attached hydrogens (tertiary/aromatic N) is 1. The van der Waals surface area contributed by atoms with Crippen molar-refractivity contribution in [2.45, 2.75) is 6.29 Å². The fourth-order valence-corrected chi connectivity index (χ4v) is 2.27. The van der Waals surface area contributed by atoms with Crippen molar-refractivity contribution in [3.8, 4) is 0 Å². The summed E-state index contributed by atoms with van der Waals surface area (Å²) in [5.74, 6) is 0. The standard InChI is InChI=1S/C10H11NO3P/c1-8-6-11(7-15(12,13)14)10-5-3-2-4-9(8)10/h2-6H,1,7H2,(H2,12,13,14). The van der Waals surface area contributed by atoms with Crippen molar-refractivity contribution in [2.75, 3.05) is 0 Å². The van der Waals surface area contributed by atoms with Crippen LogP contribution in [0.1, 0.15) is 5.56 Å². The molecule has 0 unspecified atom stereocenters. The Morgan fingerprint density at radius 2 is 2.00 bits per heavy atom. The SMILES string of the molecule is [CH2]c1cn(CP(=O)(O)O)c2ccccc12.